The van der Waals surface area contributed by atoms with Gasteiger partial charge in [0.15, 0.2) is 0 Å². The minimum Gasteiger partial charge on any atom is -0.457 e. The van der Waals surface area contributed by atoms with Gasteiger partial charge in [-0.1, -0.05) is 169 Å². The van der Waals surface area contributed by atoms with Crippen molar-refractivity contribution in [2.24, 2.45) is 0 Å². The lowest BCUT2D eigenvalue weighted by Crippen LogP contribution is -2.34. The van der Waals surface area contributed by atoms with E-state index in [1.54, 1.807) is 51.7 Å². The number of hydrogen-bond acceptors (Lipinski definition) is 3. The van der Waals surface area contributed by atoms with Crippen LogP contribution in [0.15, 0.2) is 182 Å². The summed E-state index contributed by atoms with van der Waals surface area (Å²) < 4.78 is 208. The van der Waals surface area contributed by atoms with E-state index in [-0.39, 0.29) is 44.8 Å². The highest BCUT2D eigenvalue weighted by molar-refractivity contribution is 6.12. The van der Waals surface area contributed by atoms with Crippen LogP contribution in [-0.4, -0.2) is 19.1 Å². The highest BCUT2D eigenvalue weighted by atomic mass is 16.5. The number of aromatic nitrogens is 5. The predicted octanol–water partition coefficient (Wildman–Crippen LogP) is 16.0. The van der Waals surface area contributed by atoms with Gasteiger partial charge in [-0.05, 0) is 110 Å². The molecule has 13 rings (SSSR count). The zero-order valence-corrected chi connectivity index (χ0v) is 38.6. The van der Waals surface area contributed by atoms with Gasteiger partial charge in [-0.15, -0.1) is 0 Å². The molecular formula is C65H55N5O. The van der Waals surface area contributed by atoms with Crippen LogP contribution in [0.25, 0.3) is 94.5 Å². The number of ether oxygens (including phenoxy) is 1. The summed E-state index contributed by atoms with van der Waals surface area (Å²) >= 11 is 0. The lowest BCUT2D eigenvalue weighted by molar-refractivity contribution is -0.570. The molecule has 1 aliphatic carbocycles. The van der Waals surface area contributed by atoms with Crippen LogP contribution in [0.3, 0.4) is 0 Å². The maximum Gasteiger partial charge on any atom is 0.269 e. The fraction of sp³-hybridized carbons (Fsp3) is 0.185. The van der Waals surface area contributed by atoms with Crippen molar-refractivity contribution in [2.75, 3.05) is 0 Å². The Labute approximate surface area is 445 Å². The van der Waals surface area contributed by atoms with E-state index in [1.165, 1.54) is 53.4 Å². The largest absolute Gasteiger partial charge is 0.457 e. The van der Waals surface area contributed by atoms with Gasteiger partial charge in [0.1, 0.15) is 17.3 Å². The van der Waals surface area contributed by atoms with Crippen LogP contribution in [-0.2, 0) is 16.2 Å². The molecule has 0 saturated heterocycles. The molecule has 346 valence electrons. The van der Waals surface area contributed by atoms with E-state index < -0.39 is 109 Å². The molecule has 7 aromatic carbocycles. The summed E-state index contributed by atoms with van der Waals surface area (Å²) in [4.78, 5) is 9.39. The van der Waals surface area contributed by atoms with Gasteiger partial charge in [0, 0.05) is 74.1 Å². The Hall–Kier alpha value is -8.09. The quantitative estimate of drug-likeness (QED) is 0.128. The van der Waals surface area contributed by atoms with Gasteiger partial charge >= 0.3 is 0 Å². The average molecular weight is 943 g/mol. The molecule has 71 heavy (non-hydrogen) atoms. The van der Waals surface area contributed by atoms with Crippen molar-refractivity contribution in [3.63, 3.8) is 0 Å². The number of rotatable bonds is 5. The van der Waals surface area contributed by atoms with E-state index >= 15 is 0 Å². The molecule has 0 radical (unpaired) electrons. The highest BCUT2D eigenvalue weighted by Crippen LogP contribution is 2.55. The molecule has 0 spiro atoms. The van der Waals surface area contributed by atoms with Crippen molar-refractivity contribution in [3.05, 3.63) is 205 Å². The molecule has 5 heterocycles. The summed E-state index contributed by atoms with van der Waals surface area (Å²) in [5.74, 6) is -0.877. The van der Waals surface area contributed by atoms with Gasteiger partial charge in [0.25, 0.3) is 6.33 Å². The third kappa shape index (κ3) is 6.72. The van der Waals surface area contributed by atoms with Crippen molar-refractivity contribution in [1.29, 1.82) is 0 Å². The lowest BCUT2D eigenvalue weighted by Gasteiger charge is -2.43. The van der Waals surface area contributed by atoms with Crippen LogP contribution in [0.5, 0.6) is 11.5 Å². The van der Waals surface area contributed by atoms with Crippen molar-refractivity contribution >= 4 is 32.8 Å². The van der Waals surface area contributed by atoms with Gasteiger partial charge in [-0.25, -0.2) is 4.98 Å². The van der Waals surface area contributed by atoms with Crippen molar-refractivity contribution in [3.8, 4) is 73.2 Å². The second-order valence-electron chi connectivity index (χ2n) is 19.0. The van der Waals surface area contributed by atoms with E-state index in [1.807, 2.05) is 81.4 Å². The number of fused-ring (bicyclic) bond motifs is 12. The summed E-state index contributed by atoms with van der Waals surface area (Å²) in [6, 6.07) is 35.1. The predicted molar refractivity (Wildman–Crippen MR) is 289 cm³/mol. The normalized spacial score (nSPS) is 21.0. The molecule has 6 heteroatoms. The van der Waals surface area contributed by atoms with Gasteiger partial charge in [0.05, 0.1) is 40.3 Å². The molecule has 11 aromatic rings. The zero-order chi connectivity index (χ0) is 66.3. The molecule has 0 N–H and O–H groups in total. The van der Waals surface area contributed by atoms with Gasteiger partial charge < -0.3 is 4.74 Å². The Kier molecular flexibility index (Phi) is 5.80. The summed E-state index contributed by atoms with van der Waals surface area (Å²) in [5.41, 5.74) is -4.50. The van der Waals surface area contributed by atoms with Crippen LogP contribution >= 0.6 is 0 Å². The van der Waals surface area contributed by atoms with E-state index in [9.17, 15) is 24.7 Å². The molecule has 0 bridgehead atoms. The molecule has 2 aliphatic rings. The number of imidazole rings is 1. The second kappa shape index (κ2) is 15.7. The van der Waals surface area contributed by atoms with Crippen LogP contribution in [0.1, 0.15) is 106 Å². The maximum absolute atomic E-state index is 9.89. The standard InChI is InChI=1S/C65H55N5O/c1-63(2,3)42-31-34-67-57(35-42)70-53-29-16-15-27-50(53)58-55(70)37-56(59-60(58)65(6,7)33-32-64(59,4)5)71-44-22-17-21-43(36-44)68-40-69-61-51(41-19-9-8-10-20-41)38-66-39-52(61)48-26-14-12-24-46(48)45-23-11-13-25-47(45)49-28-18-30-54(68)62(49)69/h8-31,34-39H,32-33H2,1-7H3/i4D3,5D3,6D3,7D3,8D,9D,10D,19D,20D,32D2,33D2. The SMILES string of the molecule is [2H]c1c([2H])c([2H])c(-c2cncc3c2-[n+]2[c-]n(-c4cccc(Oc5cc6c(c7c5C(C([2H])([2H])[2H])(C([2H])([2H])[2H])C([2H])([2H])C([2H])([2H])C7(C([2H])([2H])[2H])C([2H])([2H])[2H])c5ccccc5n6-c5cc(C(C)(C)C)ccn5)c4)c4cccc(c42)-c2ccccc2-c2ccccc2-3)c([2H])c1[2H]. The van der Waals surface area contributed by atoms with Crippen LogP contribution < -0.4 is 9.30 Å². The molecule has 0 unspecified atom stereocenters. The van der Waals surface area contributed by atoms with E-state index in [0.29, 0.717) is 33.4 Å². The molecule has 0 saturated carbocycles. The third-order valence-corrected chi connectivity index (χ3v) is 13.6. The first-order valence-corrected chi connectivity index (χ1v) is 23.1. The summed E-state index contributed by atoms with van der Waals surface area (Å²) in [5, 5.41) is -0.370. The summed E-state index contributed by atoms with van der Waals surface area (Å²) in [6.07, 6.45) is -0.738. The molecule has 0 atom stereocenters. The molecule has 0 fully saturated rings. The first kappa shape index (κ1) is 26.2. The number of pyridine rings is 2. The Bertz CT molecular complexity index is 4870. The van der Waals surface area contributed by atoms with Crippen molar-refractivity contribution in [2.45, 2.75) is 77.2 Å². The van der Waals surface area contributed by atoms with Crippen LogP contribution in [0.2, 0.25) is 0 Å². The summed E-state index contributed by atoms with van der Waals surface area (Å²) in [7, 11) is 0. The minimum absolute atomic E-state index is 0.0249. The Morgan fingerprint density at radius 2 is 1.31 bits per heavy atom. The Balaban J connectivity index is 1.16. The molecular weight excluding hydrogens is 867 g/mol. The monoisotopic (exact) mass is 943 g/mol. The smallest absolute Gasteiger partial charge is 0.269 e. The maximum atomic E-state index is 9.89. The zero-order valence-electron chi connectivity index (χ0n) is 59.6. The van der Waals surface area contributed by atoms with Gasteiger partial charge in [-0.3, -0.25) is 18.7 Å². The van der Waals surface area contributed by atoms with Crippen LogP contribution in [0, 0.1) is 6.33 Å². The topological polar surface area (TPSA) is 48.8 Å². The van der Waals surface area contributed by atoms with Gasteiger partial charge in [-0.2, -0.15) is 0 Å². The fourth-order valence-electron chi connectivity index (χ4n) is 10.4. The lowest BCUT2D eigenvalue weighted by atomic mass is 9.62. The molecule has 4 aromatic heterocycles. The third-order valence-electron chi connectivity index (χ3n) is 13.6. The van der Waals surface area contributed by atoms with E-state index in [2.05, 4.69) is 11.3 Å². The van der Waals surface area contributed by atoms with Crippen LogP contribution in [0.4, 0.5) is 0 Å². The molecule has 1 aliphatic heterocycles. The summed E-state index contributed by atoms with van der Waals surface area (Å²) in [6.45, 7) is -10.7. The molecule has 0 amide bonds. The Morgan fingerprint density at radius 1 is 0.662 bits per heavy atom. The minimum atomic E-state index is -4.42. The average Bonchev–Trinajstić information content (AvgIpc) is 0.830. The number of para-hydroxylation sites is 2. The van der Waals surface area contributed by atoms with E-state index in [0.717, 1.165) is 22.3 Å². The first-order valence-electron chi connectivity index (χ1n) is 33.6. The van der Waals surface area contributed by atoms with E-state index in [4.69, 9.17) is 13.8 Å². The van der Waals surface area contributed by atoms with Gasteiger partial charge in [0.2, 0.25) is 0 Å². The first-order chi connectivity index (χ1) is 43.0. The fourth-order valence-corrected chi connectivity index (χ4v) is 10.4. The number of hydrogen-bond donors (Lipinski definition) is 0. The number of benzene rings is 7. The number of nitrogens with zero attached hydrogens (tertiary/aromatic N) is 5. The second-order valence-corrected chi connectivity index (χ2v) is 19.0. The highest BCUT2D eigenvalue weighted by Gasteiger charge is 2.42. The van der Waals surface area contributed by atoms with Crippen molar-refractivity contribution in [1.82, 2.24) is 19.1 Å². The molecule has 6 nitrogen and oxygen atoms in total. The van der Waals surface area contributed by atoms with Crippen molar-refractivity contribution < 1.29 is 38.1 Å². The Morgan fingerprint density at radius 3 is 2.06 bits per heavy atom.